The molecule has 0 aliphatic heterocycles. The number of pyridine rings is 1. The Kier molecular flexibility index (Phi) is 3.61. The Morgan fingerprint density at radius 2 is 2.12 bits per heavy atom. The van der Waals surface area contributed by atoms with Gasteiger partial charge in [-0.05, 0) is 38.8 Å². The average molecular weight is 233 g/mol. The van der Waals surface area contributed by atoms with Gasteiger partial charge in [0, 0.05) is 19.1 Å². The molecule has 1 heterocycles. The number of hydrogen-bond acceptors (Lipinski definition) is 3. The molecular weight excluding hydrogens is 214 g/mol. The van der Waals surface area contributed by atoms with Crippen LogP contribution in [0.3, 0.4) is 0 Å². The van der Waals surface area contributed by atoms with E-state index in [0.29, 0.717) is 11.7 Å². The maximum Gasteiger partial charge on any atom is 0.270 e. The summed E-state index contributed by atoms with van der Waals surface area (Å²) < 4.78 is 0. The predicted octanol–water partition coefficient (Wildman–Crippen LogP) is 1.82. The fourth-order valence-corrected chi connectivity index (χ4v) is 1.78. The fraction of sp³-hybridized carbons (Fsp3) is 0.538. The van der Waals surface area contributed by atoms with Crippen molar-refractivity contribution in [3.05, 3.63) is 24.0 Å². The summed E-state index contributed by atoms with van der Waals surface area (Å²) in [5, 5.41) is 2.93. The Morgan fingerprint density at radius 3 is 2.59 bits per heavy atom. The maximum atomic E-state index is 11.7. The molecule has 1 amide bonds. The van der Waals surface area contributed by atoms with Gasteiger partial charge in [0.05, 0.1) is 11.9 Å². The van der Waals surface area contributed by atoms with E-state index < -0.39 is 0 Å². The Labute approximate surface area is 102 Å². The molecule has 0 unspecified atom stereocenters. The number of aromatic nitrogens is 1. The zero-order chi connectivity index (χ0) is 12.3. The SMILES string of the molecule is CCN(CC)c1ccc(C(=O)NC2CC2)nc1. The first kappa shape index (κ1) is 11.9. The smallest absolute Gasteiger partial charge is 0.270 e. The number of hydrogen-bond donors (Lipinski definition) is 1. The largest absolute Gasteiger partial charge is 0.371 e. The summed E-state index contributed by atoms with van der Waals surface area (Å²) in [5.74, 6) is -0.0569. The van der Waals surface area contributed by atoms with E-state index >= 15 is 0 Å². The summed E-state index contributed by atoms with van der Waals surface area (Å²) in [6, 6.07) is 4.14. The van der Waals surface area contributed by atoms with Crippen LogP contribution in [0, 0.1) is 0 Å². The van der Waals surface area contributed by atoms with Crippen molar-refractivity contribution < 1.29 is 4.79 Å². The number of amides is 1. The molecular formula is C13H19N3O. The minimum atomic E-state index is -0.0569. The number of anilines is 1. The van der Waals surface area contributed by atoms with Gasteiger partial charge >= 0.3 is 0 Å². The van der Waals surface area contributed by atoms with Crippen molar-refractivity contribution in [1.29, 1.82) is 0 Å². The maximum absolute atomic E-state index is 11.7. The first-order valence-corrected chi connectivity index (χ1v) is 6.26. The number of carbonyl (C=O) groups excluding carboxylic acids is 1. The van der Waals surface area contributed by atoms with E-state index in [9.17, 15) is 4.79 Å². The average Bonchev–Trinajstić information content (AvgIpc) is 3.15. The first-order chi connectivity index (χ1) is 8.24. The lowest BCUT2D eigenvalue weighted by Crippen LogP contribution is -2.27. The van der Waals surface area contributed by atoms with Gasteiger partial charge in [-0.25, -0.2) is 4.98 Å². The summed E-state index contributed by atoms with van der Waals surface area (Å²) in [6.07, 6.45) is 3.97. The van der Waals surface area contributed by atoms with E-state index in [1.54, 1.807) is 12.3 Å². The molecule has 1 N–H and O–H groups in total. The normalized spacial score (nSPS) is 14.5. The van der Waals surface area contributed by atoms with Crippen LogP contribution in [0.25, 0.3) is 0 Å². The van der Waals surface area contributed by atoms with Gasteiger partial charge in [-0.3, -0.25) is 4.79 Å². The lowest BCUT2D eigenvalue weighted by atomic mass is 10.3. The second kappa shape index (κ2) is 5.17. The van der Waals surface area contributed by atoms with Crippen LogP contribution in [0.5, 0.6) is 0 Å². The summed E-state index contributed by atoms with van der Waals surface area (Å²) in [5.41, 5.74) is 1.57. The molecule has 92 valence electrons. The van der Waals surface area contributed by atoms with Crippen LogP contribution in [0.15, 0.2) is 18.3 Å². The molecule has 1 saturated carbocycles. The van der Waals surface area contributed by atoms with Gasteiger partial charge in [-0.15, -0.1) is 0 Å². The van der Waals surface area contributed by atoms with Crippen LogP contribution in [0.2, 0.25) is 0 Å². The Hall–Kier alpha value is -1.58. The molecule has 17 heavy (non-hydrogen) atoms. The van der Waals surface area contributed by atoms with Crippen molar-refractivity contribution in [3.63, 3.8) is 0 Å². The quantitative estimate of drug-likeness (QED) is 0.843. The number of nitrogens with one attached hydrogen (secondary N) is 1. The molecule has 1 aromatic heterocycles. The highest BCUT2D eigenvalue weighted by Crippen LogP contribution is 2.19. The predicted molar refractivity (Wildman–Crippen MR) is 68.3 cm³/mol. The first-order valence-electron chi connectivity index (χ1n) is 6.26. The van der Waals surface area contributed by atoms with Crippen LogP contribution in [-0.2, 0) is 0 Å². The second-order valence-corrected chi connectivity index (χ2v) is 4.32. The monoisotopic (exact) mass is 233 g/mol. The molecule has 0 aromatic carbocycles. The third kappa shape index (κ3) is 2.96. The van der Waals surface area contributed by atoms with E-state index in [1.165, 1.54) is 0 Å². The highest BCUT2D eigenvalue weighted by Gasteiger charge is 2.24. The zero-order valence-electron chi connectivity index (χ0n) is 10.4. The van der Waals surface area contributed by atoms with Crippen molar-refractivity contribution in [3.8, 4) is 0 Å². The van der Waals surface area contributed by atoms with Gasteiger partial charge in [-0.1, -0.05) is 0 Å². The van der Waals surface area contributed by atoms with Gasteiger partial charge in [0.15, 0.2) is 0 Å². The van der Waals surface area contributed by atoms with Gasteiger partial charge in [0.1, 0.15) is 5.69 Å². The molecule has 1 aliphatic carbocycles. The van der Waals surface area contributed by atoms with Crippen LogP contribution in [0.4, 0.5) is 5.69 Å². The third-order valence-corrected chi connectivity index (χ3v) is 3.02. The van der Waals surface area contributed by atoms with Crippen molar-refractivity contribution >= 4 is 11.6 Å². The summed E-state index contributed by atoms with van der Waals surface area (Å²) in [6.45, 7) is 6.12. The molecule has 2 rings (SSSR count). The van der Waals surface area contributed by atoms with Crippen molar-refractivity contribution in [2.45, 2.75) is 32.7 Å². The molecule has 1 aliphatic rings. The van der Waals surface area contributed by atoms with E-state index in [4.69, 9.17) is 0 Å². The van der Waals surface area contributed by atoms with Crippen molar-refractivity contribution in [2.24, 2.45) is 0 Å². The molecule has 1 fully saturated rings. The minimum Gasteiger partial charge on any atom is -0.371 e. The van der Waals surface area contributed by atoms with Crippen molar-refractivity contribution in [1.82, 2.24) is 10.3 Å². The molecule has 0 radical (unpaired) electrons. The lowest BCUT2D eigenvalue weighted by Gasteiger charge is -2.20. The zero-order valence-corrected chi connectivity index (χ0v) is 10.4. The minimum absolute atomic E-state index is 0.0569. The van der Waals surface area contributed by atoms with E-state index in [2.05, 4.69) is 29.0 Å². The Balaban J connectivity index is 2.03. The molecule has 1 aromatic rings. The van der Waals surface area contributed by atoms with Gasteiger partial charge in [0.2, 0.25) is 0 Å². The van der Waals surface area contributed by atoms with Crippen molar-refractivity contribution in [2.75, 3.05) is 18.0 Å². The number of rotatable bonds is 5. The van der Waals surface area contributed by atoms with Gasteiger partial charge in [0.25, 0.3) is 5.91 Å². The van der Waals surface area contributed by atoms with E-state index in [1.807, 2.05) is 6.07 Å². The molecule has 4 heteroatoms. The molecule has 0 bridgehead atoms. The molecule has 0 saturated heterocycles. The number of nitrogens with zero attached hydrogens (tertiary/aromatic N) is 2. The highest BCUT2D eigenvalue weighted by atomic mass is 16.2. The summed E-state index contributed by atoms with van der Waals surface area (Å²) >= 11 is 0. The van der Waals surface area contributed by atoms with Crippen LogP contribution in [0.1, 0.15) is 37.2 Å². The van der Waals surface area contributed by atoms with Gasteiger partial charge in [-0.2, -0.15) is 0 Å². The Bertz CT molecular complexity index is 380. The summed E-state index contributed by atoms with van der Waals surface area (Å²) in [7, 11) is 0. The van der Waals surface area contributed by atoms with E-state index in [0.717, 1.165) is 31.6 Å². The van der Waals surface area contributed by atoms with Gasteiger partial charge < -0.3 is 10.2 Å². The molecule has 0 spiro atoms. The standard InChI is InChI=1S/C13H19N3O/c1-3-16(4-2)11-7-8-12(14-9-11)13(17)15-10-5-6-10/h7-10H,3-6H2,1-2H3,(H,15,17). The lowest BCUT2D eigenvalue weighted by molar-refractivity contribution is 0.0946. The third-order valence-electron chi connectivity index (χ3n) is 3.02. The summed E-state index contributed by atoms with van der Waals surface area (Å²) in [4.78, 5) is 18.2. The van der Waals surface area contributed by atoms with Crippen LogP contribution >= 0.6 is 0 Å². The van der Waals surface area contributed by atoms with Crippen LogP contribution < -0.4 is 10.2 Å². The highest BCUT2D eigenvalue weighted by molar-refractivity contribution is 5.92. The second-order valence-electron chi connectivity index (χ2n) is 4.32. The van der Waals surface area contributed by atoms with Crippen LogP contribution in [-0.4, -0.2) is 30.0 Å². The fourth-order valence-electron chi connectivity index (χ4n) is 1.78. The number of carbonyl (C=O) groups is 1. The Morgan fingerprint density at radius 1 is 1.41 bits per heavy atom. The topological polar surface area (TPSA) is 45.2 Å². The molecule has 4 nitrogen and oxygen atoms in total. The molecule has 0 atom stereocenters. The van der Waals surface area contributed by atoms with E-state index in [-0.39, 0.29) is 5.91 Å².